The standard InChI is InChI=1S/C50H32N4/c1-3-11-33(12-4-1)41-31-44(34-13-5-2-6-14-34)49-45(32-41)48(39-21-19-37(20-22-39)46-42-17-9-7-15-35(42)27-29-51-46)53-50(54-49)40-25-23-38(24-26-40)47-43-18-10-8-16-36(43)28-30-52-47/h1-32H. The van der Waals surface area contributed by atoms with Crippen LogP contribution in [0.3, 0.4) is 0 Å². The summed E-state index contributed by atoms with van der Waals surface area (Å²) < 4.78 is 0. The fraction of sp³-hybridized carbons (Fsp3) is 0. The van der Waals surface area contributed by atoms with E-state index in [-0.39, 0.29) is 0 Å². The number of hydrogen-bond acceptors (Lipinski definition) is 4. The summed E-state index contributed by atoms with van der Waals surface area (Å²) in [6.07, 6.45) is 3.76. The summed E-state index contributed by atoms with van der Waals surface area (Å²) in [6.45, 7) is 0. The van der Waals surface area contributed by atoms with Gasteiger partial charge in [0.2, 0.25) is 0 Å². The molecule has 10 aromatic rings. The quantitative estimate of drug-likeness (QED) is 0.174. The Morgan fingerprint density at radius 1 is 0.296 bits per heavy atom. The minimum Gasteiger partial charge on any atom is -0.256 e. The Kier molecular flexibility index (Phi) is 7.77. The lowest BCUT2D eigenvalue weighted by Crippen LogP contribution is -1.98. The van der Waals surface area contributed by atoms with E-state index in [1.165, 1.54) is 10.8 Å². The van der Waals surface area contributed by atoms with Crippen molar-refractivity contribution in [1.29, 1.82) is 0 Å². The van der Waals surface area contributed by atoms with Gasteiger partial charge in [-0.3, -0.25) is 9.97 Å². The molecular formula is C50H32N4. The molecule has 0 aliphatic carbocycles. The second-order valence-electron chi connectivity index (χ2n) is 13.5. The predicted molar refractivity (Wildman–Crippen MR) is 223 cm³/mol. The first-order valence-electron chi connectivity index (χ1n) is 18.1. The molecule has 0 N–H and O–H groups in total. The maximum Gasteiger partial charge on any atom is 0.160 e. The summed E-state index contributed by atoms with van der Waals surface area (Å²) in [5, 5.41) is 5.58. The zero-order valence-electron chi connectivity index (χ0n) is 29.3. The van der Waals surface area contributed by atoms with Crippen molar-refractivity contribution in [2.45, 2.75) is 0 Å². The third kappa shape index (κ3) is 5.67. The van der Waals surface area contributed by atoms with Crippen LogP contribution in [0.5, 0.6) is 0 Å². The molecule has 3 aromatic heterocycles. The van der Waals surface area contributed by atoms with E-state index < -0.39 is 0 Å². The summed E-state index contributed by atoms with van der Waals surface area (Å²) in [5.74, 6) is 0.666. The molecule has 0 spiro atoms. The highest BCUT2D eigenvalue weighted by molar-refractivity contribution is 6.05. The average molecular weight is 689 g/mol. The highest BCUT2D eigenvalue weighted by Gasteiger charge is 2.18. The van der Waals surface area contributed by atoms with E-state index in [0.717, 1.165) is 83.3 Å². The molecule has 0 fully saturated rings. The highest BCUT2D eigenvalue weighted by atomic mass is 14.9. The van der Waals surface area contributed by atoms with Crippen LogP contribution < -0.4 is 0 Å². The molecule has 54 heavy (non-hydrogen) atoms. The molecule has 10 rings (SSSR count). The molecule has 252 valence electrons. The van der Waals surface area contributed by atoms with Crippen molar-refractivity contribution in [1.82, 2.24) is 19.9 Å². The van der Waals surface area contributed by atoms with Crippen LogP contribution in [-0.2, 0) is 0 Å². The first kappa shape index (κ1) is 31.4. The van der Waals surface area contributed by atoms with Gasteiger partial charge in [0.25, 0.3) is 0 Å². The van der Waals surface area contributed by atoms with E-state index in [1.807, 2.05) is 12.4 Å². The average Bonchev–Trinajstić information content (AvgIpc) is 3.26. The van der Waals surface area contributed by atoms with E-state index >= 15 is 0 Å². The van der Waals surface area contributed by atoms with Crippen LogP contribution in [0, 0.1) is 0 Å². The van der Waals surface area contributed by atoms with Crippen LogP contribution in [0.15, 0.2) is 194 Å². The first-order chi connectivity index (χ1) is 26.8. The van der Waals surface area contributed by atoms with Gasteiger partial charge in [0.15, 0.2) is 5.82 Å². The molecule has 0 amide bonds. The number of nitrogens with zero attached hydrogens (tertiary/aromatic N) is 4. The molecule has 0 bridgehead atoms. The summed E-state index contributed by atoms with van der Waals surface area (Å²) in [5.41, 5.74) is 12.2. The number of fused-ring (bicyclic) bond motifs is 3. The fourth-order valence-electron chi connectivity index (χ4n) is 7.48. The lowest BCUT2D eigenvalue weighted by Gasteiger charge is -2.16. The molecule has 0 aliphatic rings. The zero-order chi connectivity index (χ0) is 35.8. The van der Waals surface area contributed by atoms with Crippen molar-refractivity contribution in [2.24, 2.45) is 0 Å². The summed E-state index contributed by atoms with van der Waals surface area (Å²) in [4.78, 5) is 20.3. The Morgan fingerprint density at radius 2 is 0.778 bits per heavy atom. The van der Waals surface area contributed by atoms with Crippen LogP contribution in [0.25, 0.3) is 99.9 Å². The van der Waals surface area contributed by atoms with Crippen LogP contribution >= 0.6 is 0 Å². The molecular weight excluding hydrogens is 657 g/mol. The van der Waals surface area contributed by atoms with Gasteiger partial charge in [-0.15, -0.1) is 0 Å². The predicted octanol–water partition coefficient (Wildman–Crippen LogP) is 12.7. The lowest BCUT2D eigenvalue weighted by molar-refractivity contribution is 1.23. The van der Waals surface area contributed by atoms with Crippen molar-refractivity contribution in [3.63, 3.8) is 0 Å². The Hall–Kier alpha value is -7.30. The minimum atomic E-state index is 0.666. The monoisotopic (exact) mass is 688 g/mol. The van der Waals surface area contributed by atoms with Crippen molar-refractivity contribution in [2.75, 3.05) is 0 Å². The third-order valence-corrected chi connectivity index (χ3v) is 10.2. The SMILES string of the molecule is c1ccc(-c2cc(-c3ccccc3)c3nc(-c4ccc(-c5nccc6ccccc56)cc4)nc(-c4ccc(-c5nccc6ccccc56)cc4)c3c2)cc1. The maximum atomic E-state index is 5.37. The molecule has 0 aliphatic heterocycles. The number of benzene rings is 7. The molecule has 7 aromatic carbocycles. The van der Waals surface area contributed by atoms with Gasteiger partial charge in [-0.25, -0.2) is 9.97 Å². The molecule has 0 saturated heterocycles. The topological polar surface area (TPSA) is 51.6 Å². The minimum absolute atomic E-state index is 0.666. The van der Waals surface area contributed by atoms with Gasteiger partial charge in [-0.2, -0.15) is 0 Å². The normalized spacial score (nSPS) is 11.3. The van der Waals surface area contributed by atoms with Crippen molar-refractivity contribution < 1.29 is 0 Å². The van der Waals surface area contributed by atoms with Crippen molar-refractivity contribution in [3.05, 3.63) is 194 Å². The molecule has 0 saturated carbocycles. The van der Waals surface area contributed by atoms with E-state index in [1.54, 1.807) is 0 Å². The van der Waals surface area contributed by atoms with E-state index in [4.69, 9.17) is 19.9 Å². The van der Waals surface area contributed by atoms with Crippen LogP contribution in [0.2, 0.25) is 0 Å². The summed E-state index contributed by atoms with van der Waals surface area (Å²) >= 11 is 0. The molecule has 4 heteroatoms. The molecule has 4 nitrogen and oxygen atoms in total. The number of hydrogen-bond donors (Lipinski definition) is 0. The maximum absolute atomic E-state index is 5.37. The Bertz CT molecular complexity index is 2950. The van der Waals surface area contributed by atoms with Gasteiger partial charge < -0.3 is 0 Å². The van der Waals surface area contributed by atoms with Crippen LogP contribution in [-0.4, -0.2) is 19.9 Å². The summed E-state index contributed by atoms with van der Waals surface area (Å²) in [7, 11) is 0. The fourth-order valence-corrected chi connectivity index (χ4v) is 7.48. The second kappa shape index (κ2) is 13.4. The lowest BCUT2D eigenvalue weighted by atomic mass is 9.93. The second-order valence-corrected chi connectivity index (χ2v) is 13.5. The van der Waals surface area contributed by atoms with Crippen LogP contribution in [0.4, 0.5) is 0 Å². The van der Waals surface area contributed by atoms with E-state index in [2.05, 4.69) is 182 Å². The van der Waals surface area contributed by atoms with Gasteiger partial charge >= 0.3 is 0 Å². The first-order valence-corrected chi connectivity index (χ1v) is 18.1. The number of pyridine rings is 2. The van der Waals surface area contributed by atoms with Gasteiger partial charge in [-0.05, 0) is 51.7 Å². The van der Waals surface area contributed by atoms with Crippen molar-refractivity contribution >= 4 is 32.4 Å². The molecule has 3 heterocycles. The van der Waals surface area contributed by atoms with Gasteiger partial charge in [0.1, 0.15) is 0 Å². The molecule has 0 atom stereocenters. The zero-order valence-corrected chi connectivity index (χ0v) is 29.3. The Morgan fingerprint density at radius 3 is 1.35 bits per heavy atom. The Balaban J connectivity index is 1.17. The highest BCUT2D eigenvalue weighted by Crippen LogP contribution is 2.39. The van der Waals surface area contributed by atoms with Gasteiger partial charge in [0, 0.05) is 56.4 Å². The van der Waals surface area contributed by atoms with Gasteiger partial charge in [-0.1, -0.05) is 158 Å². The molecule has 0 radical (unpaired) electrons. The van der Waals surface area contributed by atoms with Crippen LogP contribution in [0.1, 0.15) is 0 Å². The van der Waals surface area contributed by atoms with E-state index in [9.17, 15) is 0 Å². The molecule has 0 unspecified atom stereocenters. The smallest absolute Gasteiger partial charge is 0.160 e. The number of aromatic nitrogens is 4. The van der Waals surface area contributed by atoms with Gasteiger partial charge in [0.05, 0.1) is 22.6 Å². The Labute approximate surface area is 313 Å². The third-order valence-electron chi connectivity index (χ3n) is 10.2. The largest absolute Gasteiger partial charge is 0.256 e. The summed E-state index contributed by atoms with van der Waals surface area (Å²) in [6, 6.07) is 63.5. The van der Waals surface area contributed by atoms with Crippen molar-refractivity contribution in [3.8, 4) is 67.4 Å². The van der Waals surface area contributed by atoms with E-state index in [0.29, 0.717) is 5.82 Å². The number of rotatable bonds is 6.